The van der Waals surface area contributed by atoms with E-state index in [1.165, 1.54) is 32.4 Å². The SMILES string of the molecule is CCc1cccc(CC)c1-n1cc(-c2[c-]cccc2)nc1Sc1cccc([Si](c2[c-]cccc2)(c2ccccc2)c2ccccc2)n1.[Pt+2]. The fourth-order valence-electron chi connectivity index (χ4n) is 6.49. The van der Waals surface area contributed by atoms with Gasteiger partial charge in [-0.05, 0) is 64.4 Å². The van der Waals surface area contributed by atoms with Crippen LogP contribution in [0.2, 0.25) is 0 Å². The summed E-state index contributed by atoms with van der Waals surface area (Å²) in [6.07, 6.45) is 4.03. The fraction of sp³-hybridized carbons (Fsp3) is 0.0952. The minimum absolute atomic E-state index is 0. The van der Waals surface area contributed by atoms with E-state index in [1.54, 1.807) is 11.8 Å². The van der Waals surface area contributed by atoms with Gasteiger partial charge in [0.05, 0.1) is 5.69 Å². The molecule has 5 aromatic carbocycles. The molecule has 0 aliphatic heterocycles. The minimum Gasteiger partial charge on any atom is -0.303 e. The van der Waals surface area contributed by atoms with Crippen LogP contribution in [0.5, 0.6) is 0 Å². The van der Waals surface area contributed by atoms with E-state index in [-0.39, 0.29) is 21.1 Å². The van der Waals surface area contributed by atoms with Crippen molar-refractivity contribution in [3.63, 3.8) is 0 Å². The average molecular weight is 837 g/mol. The molecule has 48 heavy (non-hydrogen) atoms. The molecule has 238 valence electrons. The summed E-state index contributed by atoms with van der Waals surface area (Å²) in [7, 11) is -2.82. The molecule has 0 saturated carbocycles. The van der Waals surface area contributed by atoms with Crippen LogP contribution in [0.4, 0.5) is 0 Å². The number of aromatic nitrogens is 3. The van der Waals surface area contributed by atoms with Crippen LogP contribution >= 0.6 is 11.8 Å². The van der Waals surface area contributed by atoms with Gasteiger partial charge >= 0.3 is 21.1 Å². The third-order valence-corrected chi connectivity index (χ3v) is 14.2. The van der Waals surface area contributed by atoms with Crippen molar-refractivity contribution in [3.8, 4) is 16.9 Å². The molecule has 7 rings (SSSR count). The van der Waals surface area contributed by atoms with Crippen molar-refractivity contribution in [2.24, 2.45) is 0 Å². The maximum atomic E-state index is 5.52. The van der Waals surface area contributed by atoms with Crippen molar-refractivity contribution in [3.05, 3.63) is 175 Å². The molecule has 0 saturated heterocycles. The smallest absolute Gasteiger partial charge is 0.303 e. The molecule has 0 radical (unpaired) electrons. The molecule has 7 aromatic rings. The van der Waals surface area contributed by atoms with E-state index in [9.17, 15) is 0 Å². The van der Waals surface area contributed by atoms with Crippen LogP contribution in [-0.4, -0.2) is 22.6 Å². The first-order chi connectivity index (χ1) is 23.2. The van der Waals surface area contributed by atoms with Crippen LogP contribution in [0.15, 0.2) is 162 Å². The third kappa shape index (κ3) is 6.43. The first-order valence-electron chi connectivity index (χ1n) is 16.1. The van der Waals surface area contributed by atoms with E-state index in [2.05, 4.69) is 152 Å². The molecule has 3 nitrogen and oxygen atoms in total. The monoisotopic (exact) mass is 836 g/mol. The van der Waals surface area contributed by atoms with Crippen LogP contribution in [0.3, 0.4) is 0 Å². The summed E-state index contributed by atoms with van der Waals surface area (Å²) in [5.41, 5.74) is 5.68. The number of hydrogen-bond acceptors (Lipinski definition) is 3. The maximum Gasteiger partial charge on any atom is 2.00 e. The minimum atomic E-state index is -2.82. The Morgan fingerprint density at radius 2 is 1.23 bits per heavy atom. The van der Waals surface area contributed by atoms with Crippen molar-refractivity contribution in [2.45, 2.75) is 36.9 Å². The average Bonchev–Trinajstić information content (AvgIpc) is 3.56. The number of rotatable bonds is 10. The number of aryl methyl sites for hydroxylation is 2. The molecule has 0 fully saturated rings. The summed E-state index contributed by atoms with van der Waals surface area (Å²) >= 11 is 1.62. The van der Waals surface area contributed by atoms with Gasteiger partial charge in [0, 0.05) is 11.0 Å². The Kier molecular flexibility index (Phi) is 10.7. The zero-order chi connectivity index (χ0) is 32.1. The van der Waals surface area contributed by atoms with Crippen LogP contribution < -0.4 is 20.9 Å². The standard InChI is InChI=1S/C42H35N3SSi.Pt/c1-3-32-21-17-22-33(4-2)41(32)45-31-38(34-19-9-5-10-20-34)43-42(45)46-39-29-18-30-40(44-39)47(35-23-11-6-12-24-35,36-25-13-7-14-26-36)37-27-15-8-16-28-37;/h5-19,21-27,29-31H,3-4H2,1-2H3;/q-2;+2. The zero-order valence-corrected chi connectivity index (χ0v) is 31.0. The van der Waals surface area contributed by atoms with Crippen molar-refractivity contribution < 1.29 is 21.1 Å². The maximum absolute atomic E-state index is 5.52. The molecule has 0 aliphatic rings. The Balaban J connectivity index is 0.00000401. The van der Waals surface area contributed by atoms with Crippen molar-refractivity contribution in [1.29, 1.82) is 0 Å². The third-order valence-electron chi connectivity index (χ3n) is 8.69. The van der Waals surface area contributed by atoms with Gasteiger partial charge in [-0.15, -0.1) is 35.9 Å². The predicted octanol–water partition coefficient (Wildman–Crippen LogP) is 7.19. The first kappa shape index (κ1) is 33.6. The summed E-state index contributed by atoms with van der Waals surface area (Å²) < 4.78 is 2.27. The molecule has 2 aromatic heterocycles. The topological polar surface area (TPSA) is 30.7 Å². The number of imidazole rings is 1. The molecule has 0 amide bonds. The summed E-state index contributed by atoms with van der Waals surface area (Å²) in [5, 5.41) is 6.59. The van der Waals surface area contributed by atoms with E-state index in [0.717, 1.165) is 39.6 Å². The Labute approximate surface area is 303 Å². The second-order valence-corrected chi connectivity index (χ2v) is 16.1. The largest absolute Gasteiger partial charge is 2.00 e. The fourth-order valence-corrected chi connectivity index (χ4v) is 11.9. The van der Waals surface area contributed by atoms with Gasteiger partial charge < -0.3 is 4.57 Å². The van der Waals surface area contributed by atoms with E-state index < -0.39 is 8.07 Å². The first-order valence-corrected chi connectivity index (χ1v) is 18.9. The normalized spacial score (nSPS) is 11.2. The summed E-state index contributed by atoms with van der Waals surface area (Å²) in [4.78, 5) is 10.7. The van der Waals surface area contributed by atoms with Gasteiger partial charge in [-0.3, -0.25) is 4.98 Å². The summed E-state index contributed by atoms with van der Waals surface area (Å²) in [6, 6.07) is 58.3. The van der Waals surface area contributed by atoms with E-state index in [0.29, 0.717) is 0 Å². The molecule has 0 bridgehead atoms. The van der Waals surface area contributed by atoms with Gasteiger partial charge in [0.15, 0.2) is 13.2 Å². The second kappa shape index (κ2) is 15.3. The molecule has 0 spiro atoms. The number of para-hydroxylation sites is 1. The Morgan fingerprint density at radius 1 is 0.625 bits per heavy atom. The Bertz CT molecular complexity index is 1970. The number of pyridine rings is 1. The van der Waals surface area contributed by atoms with Gasteiger partial charge in [-0.25, -0.2) is 4.98 Å². The molecule has 2 heterocycles. The van der Waals surface area contributed by atoms with E-state index >= 15 is 0 Å². The molecule has 0 unspecified atom stereocenters. The number of hydrogen-bond donors (Lipinski definition) is 0. The Morgan fingerprint density at radius 3 is 1.81 bits per heavy atom. The summed E-state index contributed by atoms with van der Waals surface area (Å²) in [6.45, 7) is 4.44. The van der Waals surface area contributed by atoms with Crippen molar-refractivity contribution in [2.75, 3.05) is 0 Å². The van der Waals surface area contributed by atoms with Crippen LogP contribution in [0.1, 0.15) is 25.0 Å². The number of benzene rings is 5. The molecular formula is C42H35N3PtSSi. The molecule has 0 atom stereocenters. The Hall–Kier alpha value is -4.28. The van der Waals surface area contributed by atoms with Gasteiger partial charge in [-0.2, -0.15) is 35.5 Å². The van der Waals surface area contributed by atoms with Gasteiger partial charge in [0.2, 0.25) is 0 Å². The molecular weight excluding hydrogens is 802 g/mol. The predicted molar refractivity (Wildman–Crippen MR) is 197 cm³/mol. The van der Waals surface area contributed by atoms with E-state index in [4.69, 9.17) is 9.97 Å². The quantitative estimate of drug-likeness (QED) is 0.0832. The zero-order valence-electron chi connectivity index (χ0n) is 26.9. The molecule has 0 N–H and O–H groups in total. The molecule has 0 aliphatic carbocycles. The van der Waals surface area contributed by atoms with Gasteiger partial charge in [0.1, 0.15) is 5.03 Å². The van der Waals surface area contributed by atoms with Crippen LogP contribution in [0.25, 0.3) is 16.9 Å². The summed E-state index contributed by atoms with van der Waals surface area (Å²) in [5.74, 6) is 0. The van der Waals surface area contributed by atoms with Gasteiger partial charge in [0.25, 0.3) is 0 Å². The second-order valence-electron chi connectivity index (χ2n) is 11.4. The molecule has 6 heteroatoms. The van der Waals surface area contributed by atoms with Crippen molar-refractivity contribution >= 4 is 40.7 Å². The number of nitrogens with zero attached hydrogens (tertiary/aromatic N) is 3. The van der Waals surface area contributed by atoms with Gasteiger partial charge in [-0.1, -0.05) is 98.8 Å². The van der Waals surface area contributed by atoms with Crippen LogP contribution in [0, 0.1) is 12.1 Å². The van der Waals surface area contributed by atoms with Crippen LogP contribution in [-0.2, 0) is 33.9 Å². The van der Waals surface area contributed by atoms with Crippen molar-refractivity contribution in [1.82, 2.24) is 14.5 Å². The van der Waals surface area contributed by atoms with E-state index in [1.807, 2.05) is 30.3 Å².